The van der Waals surface area contributed by atoms with Crippen LogP contribution < -0.4 is 5.32 Å². The lowest BCUT2D eigenvalue weighted by molar-refractivity contribution is 0.188. The lowest BCUT2D eigenvalue weighted by Crippen LogP contribution is -2.41. The molecule has 1 heterocycles. The number of halogens is 2. The Morgan fingerprint density at radius 1 is 1.14 bits per heavy atom. The van der Waals surface area contributed by atoms with Gasteiger partial charge in [0.1, 0.15) is 0 Å². The summed E-state index contributed by atoms with van der Waals surface area (Å²) in [5.74, 6) is 0. The lowest BCUT2D eigenvalue weighted by atomic mass is 9.94. The van der Waals surface area contributed by atoms with Crippen molar-refractivity contribution in [3.05, 3.63) is 63.6 Å². The number of anilines is 1. The van der Waals surface area contributed by atoms with Gasteiger partial charge in [-0.05, 0) is 36.6 Å². The Labute approximate surface area is 139 Å². The minimum Gasteiger partial charge on any atom is -0.317 e. The van der Waals surface area contributed by atoms with E-state index in [1.165, 1.54) is 11.1 Å². The molecule has 1 N–H and O–H groups in total. The average molecular weight is 335 g/mol. The van der Waals surface area contributed by atoms with Crippen molar-refractivity contribution >= 4 is 34.9 Å². The van der Waals surface area contributed by atoms with Crippen LogP contribution in [0.3, 0.4) is 0 Å². The Hall–Kier alpha value is -1.71. The quantitative estimate of drug-likeness (QED) is 0.768. The van der Waals surface area contributed by atoms with Gasteiger partial charge in [0.05, 0.1) is 21.8 Å². The van der Waals surface area contributed by atoms with Gasteiger partial charge in [0.15, 0.2) is 0 Å². The molecule has 1 aliphatic rings. The molecule has 0 saturated heterocycles. The zero-order valence-corrected chi connectivity index (χ0v) is 13.7. The zero-order valence-electron chi connectivity index (χ0n) is 12.1. The van der Waals surface area contributed by atoms with E-state index in [-0.39, 0.29) is 12.1 Å². The number of urea groups is 1. The number of amides is 2. The second-order valence-electron chi connectivity index (χ2n) is 5.34. The fraction of sp³-hybridized carbons (Fsp3) is 0.235. The summed E-state index contributed by atoms with van der Waals surface area (Å²) >= 11 is 12.2. The van der Waals surface area contributed by atoms with Crippen LogP contribution in [0.5, 0.6) is 0 Å². The van der Waals surface area contributed by atoms with Crippen LogP contribution in [0.2, 0.25) is 10.0 Å². The Balaban J connectivity index is 1.82. The molecule has 22 heavy (non-hydrogen) atoms. The van der Waals surface area contributed by atoms with E-state index < -0.39 is 0 Å². The molecule has 3 nitrogen and oxygen atoms in total. The summed E-state index contributed by atoms with van der Waals surface area (Å²) in [5.41, 5.74) is 2.95. The fourth-order valence-electron chi connectivity index (χ4n) is 2.85. The van der Waals surface area contributed by atoms with Crippen LogP contribution in [0.25, 0.3) is 0 Å². The van der Waals surface area contributed by atoms with Crippen LogP contribution >= 0.6 is 23.2 Å². The molecule has 5 heteroatoms. The van der Waals surface area contributed by atoms with Gasteiger partial charge in [-0.15, -0.1) is 0 Å². The van der Waals surface area contributed by atoms with Gasteiger partial charge in [0.2, 0.25) is 0 Å². The third kappa shape index (κ3) is 2.79. The fourth-order valence-corrected chi connectivity index (χ4v) is 3.34. The molecule has 0 bridgehead atoms. The van der Waals surface area contributed by atoms with Crippen molar-refractivity contribution in [2.45, 2.75) is 19.4 Å². The van der Waals surface area contributed by atoms with Crippen LogP contribution in [0.15, 0.2) is 42.5 Å². The summed E-state index contributed by atoms with van der Waals surface area (Å²) in [6, 6.07) is 13.2. The summed E-state index contributed by atoms with van der Waals surface area (Å²) in [6.45, 7) is 2.71. The molecule has 1 atom stereocenters. The standard InChI is InChI=1S/C17H16Cl2N2O/c1-11-13-6-3-2-5-12(13)9-10-21(11)17(22)20-16-14(18)7-4-8-15(16)19/h2-8,11H,9-10H2,1H3,(H,20,22). The third-order valence-electron chi connectivity index (χ3n) is 4.05. The van der Waals surface area contributed by atoms with Crippen LogP contribution in [-0.2, 0) is 6.42 Å². The van der Waals surface area contributed by atoms with Crippen molar-refractivity contribution in [1.29, 1.82) is 0 Å². The highest BCUT2D eigenvalue weighted by Crippen LogP contribution is 2.33. The first-order valence-electron chi connectivity index (χ1n) is 7.17. The molecule has 0 radical (unpaired) electrons. The van der Waals surface area contributed by atoms with E-state index in [4.69, 9.17) is 23.2 Å². The number of nitrogens with one attached hydrogen (secondary N) is 1. The maximum atomic E-state index is 12.6. The number of rotatable bonds is 1. The average Bonchev–Trinajstić information content (AvgIpc) is 2.51. The Morgan fingerprint density at radius 3 is 2.55 bits per heavy atom. The number of benzene rings is 2. The highest BCUT2D eigenvalue weighted by molar-refractivity contribution is 6.39. The van der Waals surface area contributed by atoms with Gasteiger partial charge in [-0.2, -0.15) is 0 Å². The molecule has 0 aromatic heterocycles. The monoisotopic (exact) mass is 334 g/mol. The topological polar surface area (TPSA) is 32.3 Å². The van der Waals surface area contributed by atoms with Crippen molar-refractivity contribution in [1.82, 2.24) is 4.90 Å². The molecule has 3 rings (SSSR count). The smallest absolute Gasteiger partial charge is 0.317 e. The Kier molecular flexibility index (Phi) is 4.27. The molecule has 0 spiro atoms. The van der Waals surface area contributed by atoms with Gasteiger partial charge in [-0.1, -0.05) is 53.5 Å². The molecule has 2 amide bonds. The number of nitrogens with zero attached hydrogens (tertiary/aromatic N) is 1. The summed E-state index contributed by atoms with van der Waals surface area (Å²) < 4.78 is 0. The molecular weight excluding hydrogens is 319 g/mol. The summed E-state index contributed by atoms with van der Waals surface area (Å²) in [5, 5.41) is 3.70. The van der Waals surface area contributed by atoms with E-state index in [0.29, 0.717) is 22.3 Å². The largest absolute Gasteiger partial charge is 0.322 e. The molecule has 2 aromatic rings. The first-order chi connectivity index (χ1) is 10.6. The van der Waals surface area contributed by atoms with Crippen molar-refractivity contribution in [3.8, 4) is 0 Å². The predicted molar refractivity (Wildman–Crippen MR) is 90.7 cm³/mol. The van der Waals surface area contributed by atoms with Crippen molar-refractivity contribution in [2.75, 3.05) is 11.9 Å². The van der Waals surface area contributed by atoms with Gasteiger partial charge in [0, 0.05) is 6.54 Å². The third-order valence-corrected chi connectivity index (χ3v) is 4.68. The van der Waals surface area contributed by atoms with E-state index in [9.17, 15) is 4.79 Å². The normalized spacial score (nSPS) is 17.0. The number of carbonyl (C=O) groups excluding carboxylic acids is 1. The van der Waals surface area contributed by atoms with Crippen molar-refractivity contribution in [3.63, 3.8) is 0 Å². The maximum absolute atomic E-state index is 12.6. The minimum absolute atomic E-state index is 0.0196. The van der Waals surface area contributed by atoms with Gasteiger partial charge < -0.3 is 10.2 Å². The number of para-hydroxylation sites is 1. The molecular formula is C17H16Cl2N2O. The van der Waals surface area contributed by atoms with E-state index in [0.717, 1.165) is 6.42 Å². The highest BCUT2D eigenvalue weighted by Gasteiger charge is 2.27. The Morgan fingerprint density at radius 2 is 1.82 bits per heavy atom. The molecule has 1 aliphatic heterocycles. The number of hydrogen-bond acceptors (Lipinski definition) is 1. The number of carbonyl (C=O) groups is 1. The number of hydrogen-bond donors (Lipinski definition) is 1. The molecule has 0 aliphatic carbocycles. The Bertz CT molecular complexity index is 697. The number of fused-ring (bicyclic) bond motifs is 1. The van der Waals surface area contributed by atoms with Gasteiger partial charge in [0.25, 0.3) is 0 Å². The van der Waals surface area contributed by atoms with Gasteiger partial charge in [-0.25, -0.2) is 4.79 Å². The summed E-state index contributed by atoms with van der Waals surface area (Å²) in [6.07, 6.45) is 0.851. The van der Waals surface area contributed by atoms with Crippen LogP contribution in [0, 0.1) is 0 Å². The zero-order chi connectivity index (χ0) is 15.7. The SMILES string of the molecule is CC1c2ccccc2CCN1C(=O)Nc1c(Cl)cccc1Cl. The molecule has 2 aromatic carbocycles. The lowest BCUT2D eigenvalue weighted by Gasteiger charge is -2.35. The van der Waals surface area contributed by atoms with Gasteiger partial charge >= 0.3 is 6.03 Å². The van der Waals surface area contributed by atoms with E-state index >= 15 is 0 Å². The van der Waals surface area contributed by atoms with Crippen molar-refractivity contribution < 1.29 is 4.79 Å². The molecule has 0 fully saturated rings. The minimum atomic E-state index is -0.183. The van der Waals surface area contributed by atoms with E-state index in [1.807, 2.05) is 24.0 Å². The second kappa shape index (κ2) is 6.19. The maximum Gasteiger partial charge on any atom is 0.322 e. The summed E-state index contributed by atoms with van der Waals surface area (Å²) in [7, 11) is 0. The summed E-state index contributed by atoms with van der Waals surface area (Å²) in [4.78, 5) is 14.4. The highest BCUT2D eigenvalue weighted by atomic mass is 35.5. The first kappa shape index (κ1) is 15.2. The van der Waals surface area contributed by atoms with Gasteiger partial charge in [-0.3, -0.25) is 0 Å². The second-order valence-corrected chi connectivity index (χ2v) is 6.16. The first-order valence-corrected chi connectivity index (χ1v) is 7.93. The predicted octanol–water partition coefficient (Wildman–Crippen LogP) is 5.14. The van der Waals surface area contributed by atoms with E-state index in [1.54, 1.807) is 18.2 Å². The van der Waals surface area contributed by atoms with Crippen molar-refractivity contribution in [2.24, 2.45) is 0 Å². The molecule has 0 saturated carbocycles. The molecule has 114 valence electrons. The van der Waals surface area contributed by atoms with Crippen LogP contribution in [0.1, 0.15) is 24.1 Å². The van der Waals surface area contributed by atoms with Crippen LogP contribution in [-0.4, -0.2) is 17.5 Å². The van der Waals surface area contributed by atoms with Crippen LogP contribution in [0.4, 0.5) is 10.5 Å². The van der Waals surface area contributed by atoms with E-state index in [2.05, 4.69) is 17.4 Å². The molecule has 1 unspecified atom stereocenters.